The fourth-order valence-electron chi connectivity index (χ4n) is 2.79. The maximum Gasteiger partial charge on any atom is 0.262 e. The molecule has 0 aliphatic carbocycles. The van der Waals surface area contributed by atoms with Crippen LogP contribution in [0.15, 0.2) is 42.5 Å². The largest absolute Gasteiger partial charge is 0.495 e. The quantitative estimate of drug-likeness (QED) is 0.850. The minimum atomic E-state index is -0.457. The Labute approximate surface area is 145 Å². The van der Waals surface area contributed by atoms with E-state index in [1.165, 1.54) is 7.11 Å². The molecule has 6 nitrogen and oxygen atoms in total. The summed E-state index contributed by atoms with van der Waals surface area (Å²) in [5, 5.41) is 2.72. The number of aryl methyl sites for hydroxylation is 1. The first kappa shape index (κ1) is 16.7. The smallest absolute Gasteiger partial charge is 0.262 e. The standard InChI is InChI=1S/C19H18N2O4/c1-3-12-8-9-16(25-2)15(10-12)20-17(22)11-21-18(23)13-6-4-5-7-14(13)19(21)24/h4-10H,3,11H2,1-2H3,(H,20,22). The predicted octanol–water partition coefficient (Wildman–Crippen LogP) is 2.49. The van der Waals surface area contributed by atoms with Gasteiger partial charge in [-0.2, -0.15) is 0 Å². The second-order valence-electron chi connectivity index (χ2n) is 5.68. The minimum Gasteiger partial charge on any atom is -0.495 e. The molecule has 1 aliphatic rings. The van der Waals surface area contributed by atoms with Gasteiger partial charge in [0.05, 0.1) is 23.9 Å². The van der Waals surface area contributed by atoms with Gasteiger partial charge in [-0.05, 0) is 36.2 Å². The van der Waals surface area contributed by atoms with Crippen LogP contribution in [0.3, 0.4) is 0 Å². The van der Waals surface area contributed by atoms with Crippen LogP contribution in [0.2, 0.25) is 0 Å². The highest BCUT2D eigenvalue weighted by molar-refractivity contribution is 6.22. The summed E-state index contributed by atoms with van der Waals surface area (Å²) in [5.41, 5.74) is 2.21. The van der Waals surface area contributed by atoms with E-state index in [0.717, 1.165) is 16.9 Å². The fraction of sp³-hybridized carbons (Fsp3) is 0.211. The summed E-state index contributed by atoms with van der Waals surface area (Å²) in [5.74, 6) is -0.844. The van der Waals surface area contributed by atoms with Crippen molar-refractivity contribution in [2.24, 2.45) is 0 Å². The molecule has 1 N–H and O–H groups in total. The van der Waals surface area contributed by atoms with Crippen molar-refractivity contribution in [3.63, 3.8) is 0 Å². The average Bonchev–Trinajstić information content (AvgIpc) is 2.87. The molecule has 128 valence electrons. The molecule has 1 heterocycles. The van der Waals surface area contributed by atoms with E-state index in [0.29, 0.717) is 22.6 Å². The highest BCUT2D eigenvalue weighted by atomic mass is 16.5. The molecule has 0 spiro atoms. The summed E-state index contributed by atoms with van der Waals surface area (Å²) in [7, 11) is 1.51. The number of methoxy groups -OCH3 is 1. The Bertz CT molecular complexity index is 825. The van der Waals surface area contributed by atoms with E-state index < -0.39 is 17.7 Å². The maximum absolute atomic E-state index is 12.4. The molecule has 0 bridgehead atoms. The van der Waals surface area contributed by atoms with E-state index >= 15 is 0 Å². The molecule has 3 rings (SSSR count). The Kier molecular flexibility index (Phi) is 4.52. The first-order chi connectivity index (χ1) is 12.0. The normalized spacial score (nSPS) is 13.0. The zero-order valence-electron chi connectivity index (χ0n) is 14.0. The van der Waals surface area contributed by atoms with E-state index in [-0.39, 0.29) is 6.54 Å². The second kappa shape index (κ2) is 6.76. The SMILES string of the molecule is CCc1ccc(OC)c(NC(=O)CN2C(=O)c3ccccc3C2=O)c1. The Morgan fingerprint density at radius 3 is 2.28 bits per heavy atom. The summed E-state index contributed by atoms with van der Waals surface area (Å²) < 4.78 is 5.25. The molecule has 0 unspecified atom stereocenters. The Morgan fingerprint density at radius 2 is 1.72 bits per heavy atom. The molecule has 0 aromatic heterocycles. The molecule has 2 aromatic rings. The molecule has 2 aromatic carbocycles. The summed E-state index contributed by atoms with van der Waals surface area (Å²) in [6, 6.07) is 12.1. The molecule has 6 heteroatoms. The van der Waals surface area contributed by atoms with Gasteiger partial charge in [-0.1, -0.05) is 25.1 Å². The van der Waals surface area contributed by atoms with Gasteiger partial charge in [0.2, 0.25) is 5.91 Å². The van der Waals surface area contributed by atoms with Crippen LogP contribution in [0.4, 0.5) is 5.69 Å². The monoisotopic (exact) mass is 338 g/mol. The van der Waals surface area contributed by atoms with Crippen LogP contribution in [-0.4, -0.2) is 36.3 Å². The van der Waals surface area contributed by atoms with Crippen LogP contribution in [0.5, 0.6) is 5.75 Å². The lowest BCUT2D eigenvalue weighted by Crippen LogP contribution is -2.37. The van der Waals surface area contributed by atoms with Crippen molar-refractivity contribution in [2.45, 2.75) is 13.3 Å². The van der Waals surface area contributed by atoms with Crippen LogP contribution in [0.1, 0.15) is 33.2 Å². The number of nitrogens with zero attached hydrogens (tertiary/aromatic N) is 1. The first-order valence-electron chi connectivity index (χ1n) is 7.97. The summed E-state index contributed by atoms with van der Waals surface area (Å²) in [6.07, 6.45) is 0.811. The van der Waals surface area contributed by atoms with Crippen LogP contribution in [-0.2, 0) is 11.2 Å². The lowest BCUT2D eigenvalue weighted by Gasteiger charge is -2.15. The van der Waals surface area contributed by atoms with Gasteiger partial charge in [0.25, 0.3) is 11.8 Å². The van der Waals surface area contributed by atoms with Crippen molar-refractivity contribution in [3.8, 4) is 5.75 Å². The molecule has 0 saturated carbocycles. The number of anilines is 1. The molecule has 0 saturated heterocycles. The van der Waals surface area contributed by atoms with Gasteiger partial charge >= 0.3 is 0 Å². The van der Waals surface area contributed by atoms with Crippen molar-refractivity contribution < 1.29 is 19.1 Å². The van der Waals surface area contributed by atoms with Crippen molar-refractivity contribution in [3.05, 3.63) is 59.2 Å². The highest BCUT2D eigenvalue weighted by Crippen LogP contribution is 2.26. The number of benzene rings is 2. The fourth-order valence-corrected chi connectivity index (χ4v) is 2.79. The number of carbonyl (C=O) groups excluding carboxylic acids is 3. The van der Waals surface area contributed by atoms with Gasteiger partial charge in [0, 0.05) is 0 Å². The molecule has 0 atom stereocenters. The third-order valence-corrected chi connectivity index (χ3v) is 4.13. The number of rotatable bonds is 5. The maximum atomic E-state index is 12.4. The van der Waals surface area contributed by atoms with E-state index in [1.54, 1.807) is 30.3 Å². The van der Waals surface area contributed by atoms with Crippen LogP contribution in [0.25, 0.3) is 0 Å². The van der Waals surface area contributed by atoms with Gasteiger partial charge in [-0.3, -0.25) is 19.3 Å². The summed E-state index contributed by atoms with van der Waals surface area (Å²) in [6.45, 7) is 1.66. The van der Waals surface area contributed by atoms with E-state index in [1.807, 2.05) is 19.1 Å². The predicted molar refractivity (Wildman–Crippen MR) is 92.8 cm³/mol. The molecule has 0 radical (unpaired) electrons. The van der Waals surface area contributed by atoms with E-state index in [4.69, 9.17) is 4.74 Å². The van der Waals surface area contributed by atoms with Crippen molar-refractivity contribution >= 4 is 23.4 Å². The number of imide groups is 1. The van der Waals surface area contributed by atoms with Crippen molar-refractivity contribution in [2.75, 3.05) is 19.0 Å². The van der Waals surface area contributed by atoms with Gasteiger partial charge in [0.15, 0.2) is 0 Å². The number of carbonyl (C=O) groups is 3. The molecule has 25 heavy (non-hydrogen) atoms. The third kappa shape index (κ3) is 3.10. The Morgan fingerprint density at radius 1 is 1.08 bits per heavy atom. The molecule has 1 aliphatic heterocycles. The minimum absolute atomic E-state index is 0.325. The Balaban J connectivity index is 1.76. The number of nitrogens with one attached hydrogen (secondary N) is 1. The van der Waals surface area contributed by atoms with Gasteiger partial charge in [-0.25, -0.2) is 0 Å². The van der Waals surface area contributed by atoms with E-state index in [9.17, 15) is 14.4 Å². The number of ether oxygens (including phenoxy) is 1. The van der Waals surface area contributed by atoms with Crippen molar-refractivity contribution in [1.29, 1.82) is 0 Å². The van der Waals surface area contributed by atoms with Gasteiger partial charge in [-0.15, -0.1) is 0 Å². The molecular weight excluding hydrogens is 320 g/mol. The zero-order valence-corrected chi connectivity index (χ0v) is 14.0. The van der Waals surface area contributed by atoms with Crippen molar-refractivity contribution in [1.82, 2.24) is 4.90 Å². The highest BCUT2D eigenvalue weighted by Gasteiger charge is 2.36. The number of amides is 3. The first-order valence-corrected chi connectivity index (χ1v) is 7.97. The van der Waals surface area contributed by atoms with Gasteiger partial charge in [0.1, 0.15) is 12.3 Å². The lowest BCUT2D eigenvalue weighted by molar-refractivity contribution is -0.116. The van der Waals surface area contributed by atoms with Crippen LogP contribution < -0.4 is 10.1 Å². The summed E-state index contributed by atoms with van der Waals surface area (Å²) >= 11 is 0. The average molecular weight is 338 g/mol. The lowest BCUT2D eigenvalue weighted by atomic mass is 10.1. The van der Waals surface area contributed by atoms with E-state index in [2.05, 4.69) is 5.32 Å². The van der Waals surface area contributed by atoms with Gasteiger partial charge < -0.3 is 10.1 Å². The Hall–Kier alpha value is -3.15. The number of hydrogen-bond acceptors (Lipinski definition) is 4. The molecule has 3 amide bonds. The topological polar surface area (TPSA) is 75.7 Å². The third-order valence-electron chi connectivity index (χ3n) is 4.13. The van der Waals surface area contributed by atoms with Crippen LogP contribution in [0, 0.1) is 0 Å². The zero-order chi connectivity index (χ0) is 18.0. The molecule has 0 fully saturated rings. The number of fused-ring (bicyclic) bond motifs is 1. The van der Waals surface area contributed by atoms with Crippen LogP contribution >= 0.6 is 0 Å². The number of hydrogen-bond donors (Lipinski definition) is 1. The molecular formula is C19H18N2O4. The second-order valence-corrected chi connectivity index (χ2v) is 5.68. The summed E-state index contributed by atoms with van der Waals surface area (Å²) in [4.78, 5) is 38.0.